The van der Waals surface area contributed by atoms with Gasteiger partial charge >= 0.3 is 0 Å². The highest BCUT2D eigenvalue weighted by atomic mass is 32.1. The summed E-state index contributed by atoms with van der Waals surface area (Å²) in [5, 5.41) is 2.65. The molecule has 1 aromatic carbocycles. The number of halogens is 1. The molecule has 1 amide bonds. The number of hydrogen-bond acceptors (Lipinski definition) is 4. The van der Waals surface area contributed by atoms with E-state index in [-0.39, 0.29) is 12.5 Å². The van der Waals surface area contributed by atoms with E-state index in [4.69, 9.17) is 22.7 Å². The van der Waals surface area contributed by atoms with Crippen molar-refractivity contribution in [3.05, 3.63) is 30.1 Å². The van der Waals surface area contributed by atoms with Gasteiger partial charge in [-0.05, 0) is 18.2 Å². The number of nitrogens with one attached hydrogen (secondary N) is 1. The third kappa shape index (κ3) is 7.69. The van der Waals surface area contributed by atoms with Crippen molar-refractivity contribution in [2.24, 2.45) is 5.73 Å². The van der Waals surface area contributed by atoms with Crippen molar-refractivity contribution >= 4 is 28.8 Å². The highest BCUT2D eigenvalue weighted by Gasteiger charge is 2.11. The summed E-state index contributed by atoms with van der Waals surface area (Å²) in [5.74, 6) is -0.614. The van der Waals surface area contributed by atoms with Crippen molar-refractivity contribution in [2.45, 2.75) is 6.42 Å². The zero-order valence-corrected chi connectivity index (χ0v) is 12.8. The van der Waals surface area contributed by atoms with Gasteiger partial charge in [-0.25, -0.2) is 4.39 Å². The molecule has 5 nitrogen and oxygen atoms in total. The van der Waals surface area contributed by atoms with Crippen LogP contribution in [0.3, 0.4) is 0 Å². The van der Waals surface area contributed by atoms with Crippen molar-refractivity contribution < 1.29 is 13.9 Å². The second-order valence-electron chi connectivity index (χ2n) is 4.54. The van der Waals surface area contributed by atoms with Crippen LogP contribution in [0.4, 0.5) is 10.1 Å². The summed E-state index contributed by atoms with van der Waals surface area (Å²) >= 11 is 4.84. The summed E-state index contributed by atoms with van der Waals surface area (Å²) in [7, 11) is 1.60. The number of nitrogens with two attached hydrogens (primary N) is 1. The molecule has 0 fully saturated rings. The Balaban J connectivity index is 2.51. The number of carbonyl (C=O) groups is 1. The van der Waals surface area contributed by atoms with Crippen molar-refractivity contribution in [2.75, 3.05) is 38.7 Å². The van der Waals surface area contributed by atoms with E-state index in [0.29, 0.717) is 36.8 Å². The lowest BCUT2D eigenvalue weighted by Crippen LogP contribution is -2.37. The number of anilines is 1. The average molecular weight is 313 g/mol. The maximum absolute atomic E-state index is 13.0. The Bertz CT molecular complexity index is 485. The first kappa shape index (κ1) is 17.5. The zero-order valence-electron chi connectivity index (χ0n) is 12.0. The van der Waals surface area contributed by atoms with Crippen molar-refractivity contribution in [1.82, 2.24) is 4.90 Å². The third-order valence-corrected chi connectivity index (χ3v) is 2.97. The van der Waals surface area contributed by atoms with E-state index in [0.717, 1.165) is 0 Å². The summed E-state index contributed by atoms with van der Waals surface area (Å²) in [5.41, 5.74) is 5.90. The van der Waals surface area contributed by atoms with E-state index < -0.39 is 5.82 Å². The number of carbonyl (C=O) groups excluding carboxylic acids is 1. The molecule has 0 aliphatic rings. The van der Waals surface area contributed by atoms with Crippen molar-refractivity contribution in [3.8, 4) is 0 Å². The minimum absolute atomic E-state index is 0.169. The van der Waals surface area contributed by atoms with Gasteiger partial charge in [0.2, 0.25) is 5.91 Å². The Labute approximate surface area is 129 Å². The van der Waals surface area contributed by atoms with Gasteiger partial charge in [-0.3, -0.25) is 9.69 Å². The van der Waals surface area contributed by atoms with E-state index in [2.05, 4.69) is 5.32 Å². The molecule has 0 spiro atoms. The van der Waals surface area contributed by atoms with Crippen LogP contribution in [0, 0.1) is 5.82 Å². The molecule has 3 N–H and O–H groups in total. The maximum Gasteiger partial charge on any atom is 0.238 e. The average Bonchev–Trinajstić information content (AvgIpc) is 2.41. The predicted molar refractivity (Wildman–Crippen MR) is 84.7 cm³/mol. The first-order valence-corrected chi connectivity index (χ1v) is 6.97. The molecule has 0 bridgehead atoms. The molecule has 0 aromatic heterocycles. The monoisotopic (exact) mass is 313 g/mol. The van der Waals surface area contributed by atoms with Crippen LogP contribution in [0.5, 0.6) is 0 Å². The highest BCUT2D eigenvalue weighted by molar-refractivity contribution is 7.80. The normalized spacial score (nSPS) is 10.6. The second kappa shape index (κ2) is 9.38. The van der Waals surface area contributed by atoms with Gasteiger partial charge in [-0.15, -0.1) is 0 Å². The Hall–Kier alpha value is -1.57. The third-order valence-electron chi connectivity index (χ3n) is 2.76. The molecule has 1 rings (SSSR count). The topological polar surface area (TPSA) is 67.6 Å². The standard InChI is InChI=1S/C14H20FN3O2S/c1-20-8-7-18(6-5-13(16)21)10-14(19)17-12-4-2-3-11(15)9-12/h2-4,9H,5-8,10H2,1H3,(H2,16,21)(H,17,19). The maximum atomic E-state index is 13.0. The zero-order chi connectivity index (χ0) is 15.7. The van der Waals surface area contributed by atoms with Crippen LogP contribution in [-0.2, 0) is 9.53 Å². The molecule has 0 saturated carbocycles. The van der Waals surface area contributed by atoms with Gasteiger partial charge in [-0.2, -0.15) is 0 Å². The molecular formula is C14H20FN3O2S. The van der Waals surface area contributed by atoms with E-state index in [1.807, 2.05) is 4.90 Å². The first-order chi connectivity index (χ1) is 10.0. The summed E-state index contributed by atoms with van der Waals surface area (Å²) in [6.45, 7) is 1.85. The van der Waals surface area contributed by atoms with Crippen LogP contribution in [0.25, 0.3) is 0 Å². The number of thiocarbonyl (C=S) groups is 1. The molecule has 0 saturated heterocycles. The molecule has 1 aromatic rings. The summed E-state index contributed by atoms with van der Waals surface area (Å²) in [4.78, 5) is 14.3. The van der Waals surface area contributed by atoms with E-state index >= 15 is 0 Å². The number of rotatable bonds is 9. The van der Waals surface area contributed by atoms with Gasteiger partial charge in [-0.1, -0.05) is 18.3 Å². The lowest BCUT2D eigenvalue weighted by atomic mass is 10.3. The molecule has 0 heterocycles. The predicted octanol–water partition coefficient (Wildman–Crippen LogP) is 1.39. The number of hydrogen-bond donors (Lipinski definition) is 2. The Morgan fingerprint density at radius 2 is 2.24 bits per heavy atom. The Kier molecular flexibility index (Phi) is 7.81. The molecule has 0 unspecified atom stereocenters. The van der Waals surface area contributed by atoms with Crippen LogP contribution < -0.4 is 11.1 Å². The van der Waals surface area contributed by atoms with Crippen molar-refractivity contribution in [1.29, 1.82) is 0 Å². The molecule has 7 heteroatoms. The second-order valence-corrected chi connectivity index (χ2v) is 5.07. The molecule has 0 radical (unpaired) electrons. The fourth-order valence-corrected chi connectivity index (χ4v) is 1.82. The first-order valence-electron chi connectivity index (χ1n) is 6.56. The highest BCUT2D eigenvalue weighted by Crippen LogP contribution is 2.09. The van der Waals surface area contributed by atoms with Crippen molar-refractivity contribution in [3.63, 3.8) is 0 Å². The quantitative estimate of drug-likeness (QED) is 0.674. The minimum Gasteiger partial charge on any atom is -0.393 e. The number of benzene rings is 1. The lowest BCUT2D eigenvalue weighted by molar-refractivity contribution is -0.117. The fraction of sp³-hybridized carbons (Fsp3) is 0.429. The lowest BCUT2D eigenvalue weighted by Gasteiger charge is -2.21. The smallest absolute Gasteiger partial charge is 0.238 e. The molecule has 21 heavy (non-hydrogen) atoms. The molecule has 0 atom stereocenters. The van der Waals surface area contributed by atoms with Gasteiger partial charge in [0, 0.05) is 32.3 Å². The van der Waals surface area contributed by atoms with Gasteiger partial charge in [0.15, 0.2) is 0 Å². The summed E-state index contributed by atoms with van der Waals surface area (Å²) in [6, 6.07) is 5.77. The molecule has 0 aliphatic heterocycles. The van der Waals surface area contributed by atoms with Gasteiger partial charge in [0.05, 0.1) is 18.1 Å². The fourth-order valence-electron chi connectivity index (χ4n) is 1.73. The minimum atomic E-state index is -0.391. The summed E-state index contributed by atoms with van der Waals surface area (Å²) < 4.78 is 18.1. The number of nitrogens with zero attached hydrogens (tertiary/aromatic N) is 1. The Morgan fingerprint density at radius 3 is 2.86 bits per heavy atom. The number of amides is 1. The van der Waals surface area contributed by atoms with Crippen LogP contribution in [0.1, 0.15) is 6.42 Å². The molecule has 116 valence electrons. The molecule has 0 aliphatic carbocycles. The largest absolute Gasteiger partial charge is 0.393 e. The van der Waals surface area contributed by atoms with Crippen LogP contribution >= 0.6 is 12.2 Å². The van der Waals surface area contributed by atoms with Gasteiger partial charge in [0.25, 0.3) is 0 Å². The summed E-state index contributed by atoms with van der Waals surface area (Å²) in [6.07, 6.45) is 0.534. The number of ether oxygens (including phenoxy) is 1. The van der Waals surface area contributed by atoms with E-state index in [9.17, 15) is 9.18 Å². The molecular weight excluding hydrogens is 293 g/mol. The number of methoxy groups -OCH3 is 1. The van der Waals surface area contributed by atoms with E-state index in [1.165, 1.54) is 12.1 Å². The SMILES string of the molecule is COCCN(CCC(N)=S)CC(=O)Nc1cccc(F)c1. The van der Waals surface area contributed by atoms with Gasteiger partial charge in [0.1, 0.15) is 5.82 Å². The van der Waals surface area contributed by atoms with Crippen LogP contribution in [-0.4, -0.2) is 49.1 Å². The van der Waals surface area contributed by atoms with E-state index in [1.54, 1.807) is 19.2 Å². The Morgan fingerprint density at radius 1 is 1.48 bits per heavy atom. The van der Waals surface area contributed by atoms with Gasteiger partial charge < -0.3 is 15.8 Å². The van der Waals surface area contributed by atoms with Crippen LogP contribution in [0.15, 0.2) is 24.3 Å². The van der Waals surface area contributed by atoms with Crippen LogP contribution in [0.2, 0.25) is 0 Å².